The van der Waals surface area contributed by atoms with Crippen LogP contribution in [0.1, 0.15) is 27.3 Å². The highest BCUT2D eigenvalue weighted by molar-refractivity contribution is 6.42. The third-order valence-corrected chi connectivity index (χ3v) is 4.11. The standard InChI is InChI=1S/C23H19NO3/c1-16-10-9-15-19(24-16)21(22(25)18-13-7-4-8-14-18)20(23(26)27-2)17-11-5-3-6-12-17/h3-15H,1-2H3/b21-20+. The lowest BCUT2D eigenvalue weighted by molar-refractivity contribution is -0.133. The number of ketones is 1. The van der Waals surface area contributed by atoms with Gasteiger partial charge in [0.1, 0.15) is 0 Å². The van der Waals surface area contributed by atoms with E-state index in [-0.39, 0.29) is 16.9 Å². The molecule has 4 nitrogen and oxygen atoms in total. The number of pyridine rings is 1. The maximum atomic E-state index is 13.4. The van der Waals surface area contributed by atoms with Crippen LogP contribution in [0.4, 0.5) is 0 Å². The number of methoxy groups -OCH3 is 1. The van der Waals surface area contributed by atoms with E-state index >= 15 is 0 Å². The predicted molar refractivity (Wildman–Crippen MR) is 105 cm³/mol. The zero-order valence-corrected chi connectivity index (χ0v) is 15.2. The summed E-state index contributed by atoms with van der Waals surface area (Å²) in [5.74, 6) is -0.859. The third kappa shape index (κ3) is 4.01. The van der Waals surface area contributed by atoms with E-state index in [2.05, 4.69) is 4.98 Å². The Kier molecular flexibility index (Phi) is 5.57. The predicted octanol–water partition coefficient (Wildman–Crippen LogP) is 4.36. The Bertz CT molecular complexity index is 992. The molecule has 134 valence electrons. The van der Waals surface area contributed by atoms with E-state index in [1.54, 1.807) is 42.5 Å². The number of hydrogen-bond donors (Lipinski definition) is 0. The molecule has 0 aliphatic heterocycles. The first-order valence-corrected chi connectivity index (χ1v) is 8.53. The van der Waals surface area contributed by atoms with Crippen molar-refractivity contribution in [2.75, 3.05) is 7.11 Å². The van der Waals surface area contributed by atoms with Crippen molar-refractivity contribution in [3.63, 3.8) is 0 Å². The van der Waals surface area contributed by atoms with Crippen molar-refractivity contribution in [3.8, 4) is 0 Å². The number of nitrogens with zero attached hydrogens (tertiary/aromatic N) is 1. The normalized spacial score (nSPS) is 11.5. The van der Waals surface area contributed by atoms with Crippen molar-refractivity contribution in [2.24, 2.45) is 0 Å². The van der Waals surface area contributed by atoms with Crippen LogP contribution in [0.15, 0.2) is 78.9 Å². The molecule has 3 aromatic rings. The van der Waals surface area contributed by atoms with E-state index in [1.165, 1.54) is 7.11 Å². The summed E-state index contributed by atoms with van der Waals surface area (Å²) >= 11 is 0. The van der Waals surface area contributed by atoms with Gasteiger partial charge in [-0.3, -0.25) is 9.78 Å². The molecule has 0 bridgehead atoms. The average Bonchev–Trinajstić information content (AvgIpc) is 2.72. The molecule has 0 radical (unpaired) electrons. The number of esters is 1. The van der Waals surface area contributed by atoms with Crippen molar-refractivity contribution in [1.29, 1.82) is 0 Å². The van der Waals surface area contributed by atoms with E-state index in [0.29, 0.717) is 16.8 Å². The van der Waals surface area contributed by atoms with Crippen LogP contribution in [0.25, 0.3) is 11.1 Å². The van der Waals surface area contributed by atoms with Crippen molar-refractivity contribution in [3.05, 3.63) is 101 Å². The molecule has 1 aromatic heterocycles. The van der Waals surface area contributed by atoms with Gasteiger partial charge in [-0.1, -0.05) is 66.7 Å². The summed E-state index contributed by atoms with van der Waals surface area (Å²) in [6.07, 6.45) is 0. The molecular formula is C23H19NO3. The Morgan fingerprint density at radius 2 is 1.33 bits per heavy atom. The highest BCUT2D eigenvalue weighted by Crippen LogP contribution is 2.30. The molecule has 27 heavy (non-hydrogen) atoms. The van der Waals surface area contributed by atoms with Gasteiger partial charge in [-0.25, -0.2) is 4.79 Å². The van der Waals surface area contributed by atoms with Crippen LogP contribution in [-0.4, -0.2) is 23.8 Å². The van der Waals surface area contributed by atoms with Crippen LogP contribution >= 0.6 is 0 Å². The second kappa shape index (κ2) is 8.23. The summed E-state index contributed by atoms with van der Waals surface area (Å²) in [5.41, 5.74) is 2.70. The van der Waals surface area contributed by atoms with Gasteiger partial charge in [-0.2, -0.15) is 0 Å². The Morgan fingerprint density at radius 3 is 1.89 bits per heavy atom. The minimum absolute atomic E-state index is 0.199. The summed E-state index contributed by atoms with van der Waals surface area (Å²) in [5, 5.41) is 0. The summed E-state index contributed by atoms with van der Waals surface area (Å²) in [4.78, 5) is 30.6. The summed E-state index contributed by atoms with van der Waals surface area (Å²) in [7, 11) is 1.31. The molecule has 2 aromatic carbocycles. The fourth-order valence-corrected chi connectivity index (χ4v) is 2.85. The molecule has 0 saturated carbocycles. The number of allylic oxidation sites excluding steroid dienone is 1. The topological polar surface area (TPSA) is 56.3 Å². The number of aryl methyl sites for hydroxylation is 1. The Morgan fingerprint density at radius 1 is 0.741 bits per heavy atom. The summed E-state index contributed by atoms with van der Waals surface area (Å²) < 4.78 is 5.01. The quantitative estimate of drug-likeness (QED) is 0.387. The second-order valence-electron chi connectivity index (χ2n) is 5.97. The Hall–Kier alpha value is -3.53. The van der Waals surface area contributed by atoms with Gasteiger partial charge in [0.2, 0.25) is 0 Å². The van der Waals surface area contributed by atoms with E-state index in [9.17, 15) is 9.59 Å². The maximum Gasteiger partial charge on any atom is 0.339 e. The van der Waals surface area contributed by atoms with Gasteiger partial charge < -0.3 is 4.74 Å². The van der Waals surface area contributed by atoms with Gasteiger partial charge in [0, 0.05) is 11.3 Å². The minimum atomic E-state index is -0.580. The highest BCUT2D eigenvalue weighted by atomic mass is 16.5. The van der Waals surface area contributed by atoms with Crippen molar-refractivity contribution in [2.45, 2.75) is 6.92 Å². The summed E-state index contributed by atoms with van der Waals surface area (Å²) in [6, 6.07) is 23.3. The van der Waals surface area contributed by atoms with Crippen molar-refractivity contribution >= 4 is 22.9 Å². The number of hydrogen-bond acceptors (Lipinski definition) is 4. The molecule has 0 N–H and O–H groups in total. The van der Waals surface area contributed by atoms with E-state index in [1.807, 2.05) is 43.3 Å². The lowest BCUT2D eigenvalue weighted by Gasteiger charge is -2.14. The average molecular weight is 357 g/mol. The first-order valence-electron chi connectivity index (χ1n) is 8.53. The maximum absolute atomic E-state index is 13.4. The molecule has 1 heterocycles. The zero-order valence-electron chi connectivity index (χ0n) is 15.2. The Balaban J connectivity index is 2.34. The highest BCUT2D eigenvalue weighted by Gasteiger charge is 2.26. The van der Waals surface area contributed by atoms with E-state index < -0.39 is 5.97 Å². The van der Waals surface area contributed by atoms with Crippen LogP contribution in [0.2, 0.25) is 0 Å². The number of Topliss-reactive ketones (excluding diaryl/α,β-unsaturated/α-hetero) is 1. The Labute approximate surface area is 158 Å². The number of carbonyl (C=O) groups excluding carboxylic acids is 2. The van der Waals surface area contributed by atoms with Crippen LogP contribution < -0.4 is 0 Å². The molecule has 0 amide bonds. The third-order valence-electron chi connectivity index (χ3n) is 4.11. The number of benzene rings is 2. The number of carbonyl (C=O) groups is 2. The lowest BCUT2D eigenvalue weighted by atomic mass is 9.91. The second-order valence-corrected chi connectivity index (χ2v) is 5.97. The largest absolute Gasteiger partial charge is 0.465 e. The molecule has 0 fully saturated rings. The van der Waals surface area contributed by atoms with Gasteiger partial charge in [0.05, 0.1) is 23.9 Å². The molecule has 4 heteroatoms. The SMILES string of the molecule is COC(=O)/C(=C(/C(=O)c1ccccc1)c1cccc(C)n1)c1ccccc1. The number of aromatic nitrogens is 1. The molecule has 0 unspecified atom stereocenters. The molecule has 0 saturated heterocycles. The van der Waals surface area contributed by atoms with Gasteiger partial charge in [0.15, 0.2) is 5.78 Å². The molecule has 0 aliphatic rings. The smallest absolute Gasteiger partial charge is 0.339 e. The zero-order chi connectivity index (χ0) is 19.2. The fraction of sp³-hybridized carbons (Fsp3) is 0.0870. The number of ether oxygens (including phenoxy) is 1. The van der Waals surface area contributed by atoms with Gasteiger partial charge in [-0.15, -0.1) is 0 Å². The minimum Gasteiger partial charge on any atom is -0.465 e. The van der Waals surface area contributed by atoms with Gasteiger partial charge in [0.25, 0.3) is 0 Å². The first kappa shape index (κ1) is 18.3. The van der Waals surface area contributed by atoms with Gasteiger partial charge >= 0.3 is 5.97 Å². The van der Waals surface area contributed by atoms with Crippen molar-refractivity contribution < 1.29 is 14.3 Å². The molecule has 0 atom stereocenters. The molecule has 3 rings (SSSR count). The van der Waals surface area contributed by atoms with Crippen LogP contribution in [-0.2, 0) is 9.53 Å². The van der Waals surface area contributed by atoms with E-state index in [4.69, 9.17) is 4.74 Å². The molecule has 0 spiro atoms. The molecular weight excluding hydrogens is 338 g/mol. The first-order chi connectivity index (χ1) is 13.1. The van der Waals surface area contributed by atoms with Crippen LogP contribution in [0, 0.1) is 6.92 Å². The van der Waals surface area contributed by atoms with Crippen LogP contribution in [0.3, 0.4) is 0 Å². The molecule has 0 aliphatic carbocycles. The van der Waals surface area contributed by atoms with Crippen molar-refractivity contribution in [1.82, 2.24) is 4.98 Å². The summed E-state index contributed by atoms with van der Waals surface area (Å²) in [6.45, 7) is 1.84. The van der Waals surface area contributed by atoms with Crippen LogP contribution in [0.5, 0.6) is 0 Å². The monoisotopic (exact) mass is 357 g/mol. The van der Waals surface area contributed by atoms with E-state index in [0.717, 1.165) is 5.69 Å². The number of rotatable bonds is 5. The lowest BCUT2D eigenvalue weighted by Crippen LogP contribution is -2.14. The van der Waals surface area contributed by atoms with Gasteiger partial charge in [-0.05, 0) is 24.6 Å². The fourth-order valence-electron chi connectivity index (χ4n) is 2.85.